The molecular formula is C29H48O4. The molecule has 33 heavy (non-hydrogen) atoms. The fraction of sp³-hybridized carbons (Fsp3) is 0.724. The molecule has 0 aliphatic heterocycles. The smallest absolute Gasteiger partial charge is 0.311 e. The van der Waals surface area contributed by atoms with Gasteiger partial charge < -0.3 is 9.84 Å². The van der Waals surface area contributed by atoms with Crippen molar-refractivity contribution in [2.45, 2.75) is 129 Å². The molecule has 1 aromatic carbocycles. The highest BCUT2D eigenvalue weighted by atomic mass is 16.5. The van der Waals surface area contributed by atoms with E-state index in [4.69, 9.17) is 4.74 Å². The summed E-state index contributed by atoms with van der Waals surface area (Å²) in [4.78, 5) is 25.2. The van der Waals surface area contributed by atoms with Crippen LogP contribution in [0.5, 0.6) is 0 Å². The summed E-state index contributed by atoms with van der Waals surface area (Å²) in [5, 5.41) is 10.7. The van der Waals surface area contributed by atoms with Crippen LogP contribution in [0.15, 0.2) is 30.3 Å². The summed E-state index contributed by atoms with van der Waals surface area (Å²) in [7, 11) is 0. The average molecular weight is 461 g/mol. The summed E-state index contributed by atoms with van der Waals surface area (Å²) in [6, 6.07) is 9.56. The van der Waals surface area contributed by atoms with Crippen molar-refractivity contribution in [3.05, 3.63) is 35.9 Å². The molecular weight excluding hydrogens is 412 g/mol. The molecule has 0 bridgehead atoms. The van der Waals surface area contributed by atoms with Crippen LogP contribution in [0.3, 0.4) is 0 Å². The number of esters is 1. The molecule has 0 aromatic heterocycles. The second-order valence-corrected chi connectivity index (χ2v) is 9.44. The number of carbonyl (C=O) groups is 2. The number of unbranched alkanes of at least 4 members (excludes halogenated alkanes) is 11. The maximum Gasteiger partial charge on any atom is 0.311 e. The van der Waals surface area contributed by atoms with E-state index in [1.807, 2.05) is 30.3 Å². The summed E-state index contributed by atoms with van der Waals surface area (Å²) in [5.41, 5.74) is 0.923. The third kappa shape index (κ3) is 15.0. The molecule has 0 spiro atoms. The van der Waals surface area contributed by atoms with Gasteiger partial charge >= 0.3 is 5.97 Å². The molecule has 4 heteroatoms. The Labute approximate surface area is 202 Å². The highest BCUT2D eigenvalue weighted by molar-refractivity contribution is 5.80. The van der Waals surface area contributed by atoms with Gasteiger partial charge in [-0.25, -0.2) is 0 Å². The van der Waals surface area contributed by atoms with E-state index in [-0.39, 0.29) is 18.8 Å². The number of hydrogen-bond donors (Lipinski definition) is 1. The summed E-state index contributed by atoms with van der Waals surface area (Å²) in [6.07, 6.45) is 15.2. The number of hydrogen-bond acceptors (Lipinski definition) is 4. The zero-order valence-electron chi connectivity index (χ0n) is 21.2. The predicted octanol–water partition coefficient (Wildman–Crippen LogP) is 7.56. The molecule has 0 aliphatic rings. The van der Waals surface area contributed by atoms with E-state index in [1.54, 1.807) is 0 Å². The van der Waals surface area contributed by atoms with Crippen LogP contribution >= 0.6 is 0 Å². The minimum Gasteiger partial charge on any atom is -0.461 e. The molecule has 4 nitrogen and oxygen atoms in total. The second kappa shape index (κ2) is 19.8. The lowest BCUT2D eigenvalue weighted by Gasteiger charge is -2.21. The third-order valence-electron chi connectivity index (χ3n) is 6.36. The molecule has 0 aliphatic carbocycles. The van der Waals surface area contributed by atoms with Crippen LogP contribution in [0, 0.1) is 5.92 Å². The van der Waals surface area contributed by atoms with Crippen molar-refractivity contribution < 1.29 is 19.4 Å². The van der Waals surface area contributed by atoms with Crippen molar-refractivity contribution in [3.8, 4) is 0 Å². The molecule has 0 radical (unpaired) electrons. The number of Topliss-reactive ketones (excluding diaryl/α,β-unsaturated/α-hetero) is 1. The van der Waals surface area contributed by atoms with Crippen molar-refractivity contribution in [1.82, 2.24) is 0 Å². The summed E-state index contributed by atoms with van der Waals surface area (Å²) in [6.45, 7) is 4.58. The first-order valence-corrected chi connectivity index (χ1v) is 13.5. The fourth-order valence-corrected chi connectivity index (χ4v) is 4.20. The van der Waals surface area contributed by atoms with E-state index in [9.17, 15) is 14.7 Å². The van der Waals surface area contributed by atoms with Crippen LogP contribution < -0.4 is 0 Å². The fourth-order valence-electron chi connectivity index (χ4n) is 4.20. The van der Waals surface area contributed by atoms with Gasteiger partial charge in [0.25, 0.3) is 0 Å². The lowest BCUT2D eigenvalue weighted by atomic mass is 9.91. The summed E-state index contributed by atoms with van der Waals surface area (Å²) >= 11 is 0. The zero-order chi connectivity index (χ0) is 24.2. The van der Waals surface area contributed by atoms with E-state index in [0.29, 0.717) is 12.8 Å². The van der Waals surface area contributed by atoms with Gasteiger partial charge in [-0.3, -0.25) is 9.59 Å². The molecule has 0 amide bonds. The topological polar surface area (TPSA) is 63.6 Å². The first kappa shape index (κ1) is 29.4. The van der Waals surface area contributed by atoms with E-state index in [1.165, 1.54) is 44.9 Å². The number of ether oxygens (including phenoxy) is 1. The average Bonchev–Trinajstić information content (AvgIpc) is 2.82. The number of ketones is 1. The van der Waals surface area contributed by atoms with Crippen molar-refractivity contribution >= 4 is 11.8 Å². The number of benzene rings is 1. The maximum absolute atomic E-state index is 12.7. The first-order chi connectivity index (χ1) is 16.1. The van der Waals surface area contributed by atoms with Gasteiger partial charge in [-0.1, -0.05) is 121 Å². The van der Waals surface area contributed by atoms with Crippen LogP contribution in [0.2, 0.25) is 0 Å². The lowest BCUT2D eigenvalue weighted by molar-refractivity contribution is -0.154. The van der Waals surface area contributed by atoms with Crippen molar-refractivity contribution in [2.24, 2.45) is 5.92 Å². The Balaban J connectivity index is 2.37. The van der Waals surface area contributed by atoms with Crippen LogP contribution in [0.25, 0.3) is 0 Å². The molecule has 1 rings (SSSR count). The third-order valence-corrected chi connectivity index (χ3v) is 6.36. The highest BCUT2D eigenvalue weighted by Crippen LogP contribution is 2.21. The molecule has 1 N–H and O–H groups in total. The van der Waals surface area contributed by atoms with Gasteiger partial charge in [0, 0.05) is 12.8 Å². The van der Waals surface area contributed by atoms with E-state index in [2.05, 4.69) is 13.8 Å². The predicted molar refractivity (Wildman–Crippen MR) is 136 cm³/mol. The first-order valence-electron chi connectivity index (χ1n) is 13.5. The van der Waals surface area contributed by atoms with E-state index in [0.717, 1.165) is 44.1 Å². The molecule has 0 saturated carbocycles. The minimum absolute atomic E-state index is 0.0515. The second-order valence-electron chi connectivity index (χ2n) is 9.44. The Kier molecular flexibility index (Phi) is 17.6. The maximum atomic E-state index is 12.7. The van der Waals surface area contributed by atoms with Crippen molar-refractivity contribution in [2.75, 3.05) is 0 Å². The lowest BCUT2D eigenvalue weighted by Crippen LogP contribution is -2.32. The van der Waals surface area contributed by atoms with Gasteiger partial charge in [0.15, 0.2) is 0 Å². The molecule has 2 atom stereocenters. The number of carbonyl (C=O) groups excluding carboxylic acids is 2. The Bertz CT molecular complexity index is 613. The van der Waals surface area contributed by atoms with E-state index < -0.39 is 18.0 Å². The number of aliphatic hydroxyl groups excluding tert-OH is 1. The van der Waals surface area contributed by atoms with Gasteiger partial charge in [0.05, 0.1) is 12.0 Å². The van der Waals surface area contributed by atoms with Crippen molar-refractivity contribution in [3.63, 3.8) is 0 Å². The van der Waals surface area contributed by atoms with Gasteiger partial charge in [-0.2, -0.15) is 0 Å². The quantitative estimate of drug-likeness (QED) is 0.152. The Hall–Kier alpha value is -1.68. The SMILES string of the molecule is CCCCCCCCCCCC(=O)CC(O)C(CCCCCC)C(=O)OCc1ccccc1. The zero-order valence-corrected chi connectivity index (χ0v) is 21.2. The van der Waals surface area contributed by atoms with Gasteiger partial charge in [0.2, 0.25) is 0 Å². The van der Waals surface area contributed by atoms with Gasteiger partial charge in [-0.05, 0) is 18.4 Å². The van der Waals surface area contributed by atoms with E-state index >= 15 is 0 Å². The molecule has 2 unspecified atom stereocenters. The Morgan fingerprint density at radius 2 is 1.33 bits per heavy atom. The normalized spacial score (nSPS) is 12.9. The van der Waals surface area contributed by atoms with Crippen LogP contribution in [0.4, 0.5) is 0 Å². The number of rotatable bonds is 21. The van der Waals surface area contributed by atoms with Crippen LogP contribution in [-0.2, 0) is 20.9 Å². The Morgan fingerprint density at radius 3 is 1.94 bits per heavy atom. The molecule has 0 fully saturated rings. The largest absolute Gasteiger partial charge is 0.461 e. The number of aliphatic hydroxyl groups is 1. The van der Waals surface area contributed by atoms with Crippen molar-refractivity contribution in [1.29, 1.82) is 0 Å². The van der Waals surface area contributed by atoms with Gasteiger partial charge in [-0.15, -0.1) is 0 Å². The summed E-state index contributed by atoms with van der Waals surface area (Å²) in [5.74, 6) is -0.962. The Morgan fingerprint density at radius 1 is 0.788 bits per heavy atom. The molecule has 1 aromatic rings. The minimum atomic E-state index is -0.957. The molecule has 0 heterocycles. The highest BCUT2D eigenvalue weighted by Gasteiger charge is 2.29. The van der Waals surface area contributed by atoms with Crippen LogP contribution in [0.1, 0.15) is 122 Å². The van der Waals surface area contributed by atoms with Crippen LogP contribution in [-0.4, -0.2) is 23.0 Å². The standard InChI is InChI=1S/C29H48O4/c1-3-5-7-9-10-11-12-13-17-21-26(30)23-28(31)27(22-18-8-6-4-2)29(32)33-24-25-19-15-14-16-20-25/h14-16,19-20,27-28,31H,3-13,17-18,21-24H2,1-2H3. The monoisotopic (exact) mass is 460 g/mol. The molecule has 188 valence electrons. The molecule has 0 saturated heterocycles. The van der Waals surface area contributed by atoms with Gasteiger partial charge in [0.1, 0.15) is 12.4 Å². The summed E-state index contributed by atoms with van der Waals surface area (Å²) < 4.78 is 5.50.